The van der Waals surface area contributed by atoms with Crippen molar-refractivity contribution in [1.29, 1.82) is 0 Å². The van der Waals surface area contributed by atoms with E-state index in [1.54, 1.807) is 12.4 Å². The molecule has 0 amide bonds. The molecular weight excluding hydrogens is 293 g/mol. The largest absolute Gasteiger partial charge is 0.265 e. The first-order valence-corrected chi connectivity index (χ1v) is 2.18. The summed E-state index contributed by atoms with van der Waals surface area (Å²) in [4.78, 5) is 3.78. The van der Waals surface area contributed by atoms with Gasteiger partial charge in [0.2, 0.25) is 0 Å². The van der Waals surface area contributed by atoms with Crippen molar-refractivity contribution in [2.24, 2.45) is 0 Å². The van der Waals surface area contributed by atoms with Crippen LogP contribution in [0.1, 0.15) is 0 Å². The van der Waals surface area contributed by atoms with Gasteiger partial charge in [0.1, 0.15) is 0 Å². The van der Waals surface area contributed by atoms with Crippen molar-refractivity contribution in [1.82, 2.24) is 4.98 Å². The van der Waals surface area contributed by atoms with Gasteiger partial charge < -0.3 is 0 Å². The average Bonchev–Trinajstić information content (AvgIpc) is 1.96. The van der Waals surface area contributed by atoms with Crippen LogP contribution in [-0.4, -0.2) is 4.98 Å². The normalized spacial score (nSPS) is 5.56. The fourth-order valence-electron chi connectivity index (χ4n) is 0.313. The van der Waals surface area contributed by atoms with E-state index in [0.29, 0.717) is 0 Å². The van der Waals surface area contributed by atoms with Crippen molar-refractivity contribution >= 4 is 0 Å². The third kappa shape index (κ3) is 7.40. The van der Waals surface area contributed by atoms with Crippen molar-refractivity contribution < 1.29 is 21.1 Å². The van der Waals surface area contributed by atoms with Crippen LogP contribution in [0.3, 0.4) is 0 Å². The van der Waals surface area contributed by atoms with E-state index in [4.69, 9.17) is 0 Å². The zero-order valence-corrected chi connectivity index (χ0v) is 7.08. The SMILES string of the molecule is C#C.[Pt].c1ccncc1. The molecule has 0 spiro atoms. The van der Waals surface area contributed by atoms with Gasteiger partial charge >= 0.3 is 0 Å². The zero-order chi connectivity index (χ0) is 6.24. The summed E-state index contributed by atoms with van der Waals surface area (Å²) >= 11 is 0. The Kier molecular flexibility index (Phi) is 13.0. The molecule has 50 valence electrons. The second kappa shape index (κ2) is 10.4. The first-order chi connectivity index (χ1) is 4.00. The zero-order valence-electron chi connectivity index (χ0n) is 4.80. The summed E-state index contributed by atoms with van der Waals surface area (Å²) < 4.78 is 0. The standard InChI is InChI=1S/C5H5N.C2H2.Pt/c1-2-4-6-5-3-1;1-2;/h1-5H;1-2H;. The third-order valence-electron chi connectivity index (χ3n) is 0.566. The van der Waals surface area contributed by atoms with E-state index in [1.807, 2.05) is 18.2 Å². The topological polar surface area (TPSA) is 12.9 Å². The molecule has 9 heavy (non-hydrogen) atoms. The van der Waals surface area contributed by atoms with Crippen LogP contribution in [0.4, 0.5) is 0 Å². The Morgan fingerprint density at radius 3 is 1.44 bits per heavy atom. The van der Waals surface area contributed by atoms with Crippen molar-refractivity contribution in [2.45, 2.75) is 0 Å². The molecule has 0 N–H and O–H groups in total. The number of hydrogen-bond acceptors (Lipinski definition) is 1. The summed E-state index contributed by atoms with van der Waals surface area (Å²) in [6, 6.07) is 5.72. The van der Waals surface area contributed by atoms with Crippen LogP contribution >= 0.6 is 0 Å². The fourth-order valence-corrected chi connectivity index (χ4v) is 0.313. The van der Waals surface area contributed by atoms with E-state index in [-0.39, 0.29) is 21.1 Å². The van der Waals surface area contributed by atoms with Crippen molar-refractivity contribution in [3.63, 3.8) is 0 Å². The predicted octanol–water partition coefficient (Wildman–Crippen LogP) is 1.33. The molecule has 0 unspecified atom stereocenters. The van der Waals surface area contributed by atoms with Gasteiger partial charge in [0.05, 0.1) is 0 Å². The maximum absolute atomic E-state index is 4.00. The van der Waals surface area contributed by atoms with Crippen molar-refractivity contribution in [2.75, 3.05) is 0 Å². The molecule has 0 aliphatic carbocycles. The summed E-state index contributed by atoms with van der Waals surface area (Å²) in [5.41, 5.74) is 0. The average molecular weight is 300 g/mol. The van der Waals surface area contributed by atoms with E-state index in [0.717, 1.165) is 0 Å². The van der Waals surface area contributed by atoms with Gasteiger partial charge in [0.25, 0.3) is 0 Å². The molecular formula is C7H7NPt. The number of aromatic nitrogens is 1. The molecule has 0 bridgehead atoms. The van der Waals surface area contributed by atoms with Gasteiger partial charge in [-0.3, -0.25) is 4.98 Å². The van der Waals surface area contributed by atoms with Crippen LogP contribution in [0.25, 0.3) is 0 Å². The minimum atomic E-state index is 0. The number of pyridine rings is 1. The minimum Gasteiger partial charge on any atom is -0.265 e. The molecule has 0 fully saturated rings. The molecule has 1 aromatic rings. The van der Waals surface area contributed by atoms with E-state index in [2.05, 4.69) is 17.8 Å². The first-order valence-electron chi connectivity index (χ1n) is 2.18. The van der Waals surface area contributed by atoms with Crippen molar-refractivity contribution in [3.05, 3.63) is 30.6 Å². The molecule has 0 saturated heterocycles. The molecule has 0 aliphatic rings. The van der Waals surface area contributed by atoms with E-state index >= 15 is 0 Å². The summed E-state index contributed by atoms with van der Waals surface area (Å²) in [5.74, 6) is 0. The van der Waals surface area contributed by atoms with Gasteiger partial charge in [-0.2, -0.15) is 0 Å². The Hall–Kier alpha value is -0.602. The minimum absolute atomic E-state index is 0. The number of terminal acetylenes is 1. The fraction of sp³-hybridized carbons (Fsp3) is 0. The molecule has 1 nitrogen and oxygen atoms in total. The number of rotatable bonds is 0. The van der Waals surface area contributed by atoms with Gasteiger partial charge in [-0.05, 0) is 12.1 Å². The second-order valence-electron chi connectivity index (χ2n) is 1.02. The van der Waals surface area contributed by atoms with Gasteiger partial charge in [-0.15, -0.1) is 12.8 Å². The van der Waals surface area contributed by atoms with Crippen LogP contribution in [0.15, 0.2) is 30.6 Å². The van der Waals surface area contributed by atoms with E-state index in [9.17, 15) is 0 Å². The Morgan fingerprint density at radius 1 is 0.889 bits per heavy atom. The quantitative estimate of drug-likeness (QED) is 0.659. The second-order valence-corrected chi connectivity index (χ2v) is 1.02. The number of hydrogen-bond donors (Lipinski definition) is 0. The molecule has 0 radical (unpaired) electrons. The maximum Gasteiger partial charge on any atom is 0.0267 e. The smallest absolute Gasteiger partial charge is 0.0267 e. The monoisotopic (exact) mass is 300 g/mol. The van der Waals surface area contributed by atoms with Crippen LogP contribution in [0, 0.1) is 12.8 Å². The Bertz CT molecular complexity index is 109. The van der Waals surface area contributed by atoms with Crippen molar-refractivity contribution in [3.8, 4) is 12.8 Å². The summed E-state index contributed by atoms with van der Waals surface area (Å²) in [5, 5.41) is 0. The maximum atomic E-state index is 4.00. The summed E-state index contributed by atoms with van der Waals surface area (Å²) in [7, 11) is 0. The Morgan fingerprint density at radius 2 is 1.33 bits per heavy atom. The van der Waals surface area contributed by atoms with Gasteiger partial charge in [0, 0.05) is 33.5 Å². The molecule has 0 atom stereocenters. The molecule has 1 rings (SSSR count). The van der Waals surface area contributed by atoms with Crippen LogP contribution < -0.4 is 0 Å². The molecule has 1 aromatic heterocycles. The van der Waals surface area contributed by atoms with Crippen LogP contribution in [-0.2, 0) is 21.1 Å². The first kappa shape index (κ1) is 11.2. The summed E-state index contributed by atoms with van der Waals surface area (Å²) in [6.07, 6.45) is 11.5. The molecule has 0 aromatic carbocycles. The van der Waals surface area contributed by atoms with Crippen LogP contribution in [0.2, 0.25) is 0 Å². The van der Waals surface area contributed by atoms with E-state index < -0.39 is 0 Å². The van der Waals surface area contributed by atoms with E-state index in [1.165, 1.54) is 0 Å². The van der Waals surface area contributed by atoms with Crippen LogP contribution in [0.5, 0.6) is 0 Å². The Balaban J connectivity index is 0. The predicted molar refractivity (Wildman–Crippen MR) is 34.1 cm³/mol. The molecule has 1 heterocycles. The summed E-state index contributed by atoms with van der Waals surface area (Å²) in [6.45, 7) is 0. The van der Waals surface area contributed by atoms with Gasteiger partial charge in [-0.25, -0.2) is 0 Å². The number of nitrogens with zero attached hydrogens (tertiary/aromatic N) is 1. The van der Waals surface area contributed by atoms with Gasteiger partial charge in [0.15, 0.2) is 0 Å². The Labute approximate surface area is 69.8 Å². The third-order valence-corrected chi connectivity index (χ3v) is 0.566. The van der Waals surface area contributed by atoms with Gasteiger partial charge in [-0.1, -0.05) is 6.07 Å². The molecule has 2 heteroatoms. The molecule has 0 aliphatic heterocycles. The molecule has 0 saturated carbocycles.